The Morgan fingerprint density at radius 2 is 2.19 bits per heavy atom. The summed E-state index contributed by atoms with van der Waals surface area (Å²) in [6, 6.07) is 0. The molecule has 0 aliphatic carbocycles. The monoisotopic (exact) mass is 245 g/mol. The van der Waals surface area contributed by atoms with Crippen LogP contribution in [0.5, 0.6) is 0 Å². The van der Waals surface area contributed by atoms with Gasteiger partial charge in [0, 0.05) is 25.4 Å². The average Bonchev–Trinajstić information content (AvgIpc) is 2.19. The fraction of sp³-hybridized carbons (Fsp3) is 0.500. The molecular formula is C8H15N5O2S. The van der Waals surface area contributed by atoms with Gasteiger partial charge >= 0.3 is 0 Å². The van der Waals surface area contributed by atoms with Crippen LogP contribution in [-0.2, 0) is 10.0 Å². The van der Waals surface area contributed by atoms with Gasteiger partial charge in [0.15, 0.2) is 0 Å². The molecule has 0 aromatic carbocycles. The first-order chi connectivity index (χ1) is 7.42. The first-order valence-electron chi connectivity index (χ1n) is 4.68. The molecule has 16 heavy (non-hydrogen) atoms. The second-order valence-electron chi connectivity index (χ2n) is 3.27. The molecular weight excluding hydrogens is 230 g/mol. The first-order valence-corrected chi connectivity index (χ1v) is 6.39. The van der Waals surface area contributed by atoms with Gasteiger partial charge in [0.05, 0.1) is 5.75 Å². The van der Waals surface area contributed by atoms with Crippen molar-refractivity contribution in [3.05, 3.63) is 11.8 Å². The predicted molar refractivity (Wildman–Crippen MR) is 62.8 cm³/mol. The minimum Gasteiger partial charge on any atom is -0.369 e. The van der Waals surface area contributed by atoms with E-state index in [-0.39, 0.29) is 12.3 Å². The Morgan fingerprint density at radius 3 is 2.75 bits per heavy atom. The zero-order valence-electron chi connectivity index (χ0n) is 9.19. The average molecular weight is 245 g/mol. The van der Waals surface area contributed by atoms with Gasteiger partial charge in [-0.3, -0.25) is 0 Å². The maximum atomic E-state index is 10.7. The number of rotatable bonds is 5. The molecule has 0 radical (unpaired) electrons. The van der Waals surface area contributed by atoms with Crippen molar-refractivity contribution < 1.29 is 8.42 Å². The van der Waals surface area contributed by atoms with Crippen LogP contribution in [0.3, 0.4) is 0 Å². The number of hydrogen-bond donors (Lipinski definition) is 3. The van der Waals surface area contributed by atoms with E-state index in [1.54, 1.807) is 13.2 Å². The van der Waals surface area contributed by atoms with Crippen molar-refractivity contribution in [3.8, 4) is 0 Å². The summed E-state index contributed by atoms with van der Waals surface area (Å²) in [6.07, 6.45) is 1.65. The highest BCUT2D eigenvalue weighted by Gasteiger charge is 2.05. The number of nitrogens with two attached hydrogens (primary N) is 1. The van der Waals surface area contributed by atoms with E-state index in [1.807, 2.05) is 6.92 Å². The molecule has 0 aliphatic heterocycles. The summed E-state index contributed by atoms with van der Waals surface area (Å²) in [5, 5.41) is 10.6. The predicted octanol–water partition coefficient (Wildman–Crippen LogP) is -0.473. The molecule has 1 aromatic rings. The van der Waals surface area contributed by atoms with E-state index in [1.165, 1.54) is 0 Å². The van der Waals surface area contributed by atoms with Gasteiger partial charge in [-0.15, -0.1) is 0 Å². The largest absolute Gasteiger partial charge is 0.369 e. The van der Waals surface area contributed by atoms with Crippen LogP contribution in [0.25, 0.3) is 0 Å². The van der Waals surface area contributed by atoms with Gasteiger partial charge in [0.2, 0.25) is 16.0 Å². The number of primary sulfonamides is 1. The Hall–Kier alpha value is -1.41. The second-order valence-corrected chi connectivity index (χ2v) is 5.00. The van der Waals surface area contributed by atoms with Gasteiger partial charge in [0.1, 0.15) is 5.82 Å². The van der Waals surface area contributed by atoms with Gasteiger partial charge in [-0.05, 0) is 6.92 Å². The van der Waals surface area contributed by atoms with E-state index in [0.717, 1.165) is 5.56 Å². The van der Waals surface area contributed by atoms with Crippen molar-refractivity contribution >= 4 is 21.8 Å². The van der Waals surface area contributed by atoms with Gasteiger partial charge in [-0.2, -0.15) is 4.98 Å². The third-order valence-electron chi connectivity index (χ3n) is 1.87. The molecule has 0 bridgehead atoms. The van der Waals surface area contributed by atoms with Crippen LogP contribution in [0.1, 0.15) is 5.56 Å². The molecule has 1 aromatic heterocycles. The van der Waals surface area contributed by atoms with E-state index in [9.17, 15) is 8.42 Å². The summed E-state index contributed by atoms with van der Waals surface area (Å²) in [5.74, 6) is 0.942. The normalized spacial score (nSPS) is 11.2. The smallest absolute Gasteiger partial charge is 0.224 e. The summed E-state index contributed by atoms with van der Waals surface area (Å²) < 4.78 is 21.4. The maximum Gasteiger partial charge on any atom is 0.224 e. The highest BCUT2D eigenvalue weighted by molar-refractivity contribution is 7.89. The van der Waals surface area contributed by atoms with Crippen molar-refractivity contribution in [3.63, 3.8) is 0 Å². The van der Waals surface area contributed by atoms with Crippen molar-refractivity contribution in [2.45, 2.75) is 6.92 Å². The molecule has 7 nitrogen and oxygen atoms in total. The summed E-state index contributed by atoms with van der Waals surface area (Å²) >= 11 is 0. The molecule has 0 saturated heterocycles. The van der Waals surface area contributed by atoms with Crippen LogP contribution in [-0.4, -0.2) is 37.7 Å². The van der Waals surface area contributed by atoms with Crippen LogP contribution in [0.15, 0.2) is 6.20 Å². The number of hydrogen-bond acceptors (Lipinski definition) is 6. The van der Waals surface area contributed by atoms with Crippen LogP contribution < -0.4 is 15.8 Å². The van der Waals surface area contributed by atoms with Crippen molar-refractivity contribution in [1.29, 1.82) is 0 Å². The summed E-state index contributed by atoms with van der Waals surface area (Å²) in [6.45, 7) is 2.05. The van der Waals surface area contributed by atoms with Gasteiger partial charge in [0.25, 0.3) is 0 Å². The SMILES string of the molecule is CNc1ncc(C)c(NCCS(N)(=O)=O)n1. The van der Waals surface area contributed by atoms with Gasteiger partial charge in [-0.25, -0.2) is 18.5 Å². The first kappa shape index (κ1) is 12.7. The van der Waals surface area contributed by atoms with Crippen LogP contribution in [0.2, 0.25) is 0 Å². The Morgan fingerprint density at radius 1 is 1.50 bits per heavy atom. The standard InChI is InChI=1S/C8H15N5O2S/c1-6-5-12-8(10-2)13-7(6)11-3-4-16(9,14)15/h5H,3-4H2,1-2H3,(H2,9,14,15)(H2,10,11,12,13). The Balaban J connectivity index is 2.66. The fourth-order valence-electron chi connectivity index (χ4n) is 1.05. The number of anilines is 2. The van der Waals surface area contributed by atoms with Gasteiger partial charge < -0.3 is 10.6 Å². The molecule has 4 N–H and O–H groups in total. The highest BCUT2D eigenvalue weighted by Crippen LogP contribution is 2.11. The summed E-state index contributed by atoms with van der Waals surface area (Å²) in [7, 11) is -1.74. The van der Waals surface area contributed by atoms with Crippen LogP contribution in [0, 0.1) is 6.92 Å². The molecule has 0 atom stereocenters. The van der Waals surface area contributed by atoms with E-state index in [2.05, 4.69) is 20.6 Å². The molecule has 8 heteroatoms. The molecule has 0 unspecified atom stereocenters. The molecule has 1 heterocycles. The minimum absolute atomic E-state index is 0.134. The molecule has 0 saturated carbocycles. The Labute approximate surface area is 94.5 Å². The summed E-state index contributed by atoms with van der Waals surface area (Å²) in [5.41, 5.74) is 0.841. The minimum atomic E-state index is -3.44. The van der Waals surface area contributed by atoms with Gasteiger partial charge in [-0.1, -0.05) is 0 Å². The number of sulfonamides is 1. The molecule has 0 spiro atoms. The van der Waals surface area contributed by atoms with Crippen LogP contribution >= 0.6 is 0 Å². The van der Waals surface area contributed by atoms with Crippen molar-refractivity contribution in [1.82, 2.24) is 9.97 Å². The van der Waals surface area contributed by atoms with Crippen LogP contribution in [0.4, 0.5) is 11.8 Å². The zero-order chi connectivity index (χ0) is 12.2. The quantitative estimate of drug-likeness (QED) is 0.646. The molecule has 0 fully saturated rings. The lowest BCUT2D eigenvalue weighted by Crippen LogP contribution is -2.23. The zero-order valence-corrected chi connectivity index (χ0v) is 10.0. The number of nitrogens with one attached hydrogen (secondary N) is 2. The maximum absolute atomic E-state index is 10.7. The number of nitrogens with zero attached hydrogens (tertiary/aromatic N) is 2. The van der Waals surface area contributed by atoms with Crippen molar-refractivity contribution in [2.75, 3.05) is 30.0 Å². The Kier molecular flexibility index (Phi) is 4.02. The summed E-state index contributed by atoms with van der Waals surface area (Å²) in [4.78, 5) is 8.15. The fourth-order valence-corrected chi connectivity index (χ4v) is 1.44. The van der Waals surface area contributed by atoms with E-state index in [4.69, 9.17) is 5.14 Å². The third-order valence-corrected chi connectivity index (χ3v) is 2.65. The lowest BCUT2D eigenvalue weighted by Gasteiger charge is -2.08. The molecule has 1 rings (SSSR count). The lowest BCUT2D eigenvalue weighted by atomic mass is 10.3. The topological polar surface area (TPSA) is 110 Å². The Bertz CT molecular complexity index is 459. The van der Waals surface area contributed by atoms with E-state index >= 15 is 0 Å². The number of aryl methyl sites for hydroxylation is 1. The molecule has 0 aliphatic rings. The molecule has 90 valence electrons. The van der Waals surface area contributed by atoms with E-state index in [0.29, 0.717) is 11.8 Å². The van der Waals surface area contributed by atoms with E-state index < -0.39 is 10.0 Å². The highest BCUT2D eigenvalue weighted by atomic mass is 32.2. The molecule has 0 amide bonds. The third kappa shape index (κ3) is 3.99. The number of aromatic nitrogens is 2. The van der Waals surface area contributed by atoms with Crippen molar-refractivity contribution in [2.24, 2.45) is 5.14 Å². The lowest BCUT2D eigenvalue weighted by molar-refractivity contribution is 0.598. The second kappa shape index (κ2) is 5.08.